The van der Waals surface area contributed by atoms with E-state index in [2.05, 4.69) is 5.10 Å². The molecule has 0 aliphatic heterocycles. The van der Waals surface area contributed by atoms with Gasteiger partial charge in [0.05, 0.1) is 17.3 Å². The van der Waals surface area contributed by atoms with Crippen LogP contribution >= 0.6 is 0 Å². The summed E-state index contributed by atoms with van der Waals surface area (Å²) in [6, 6.07) is 5.71. The van der Waals surface area contributed by atoms with Crippen LogP contribution in [0.15, 0.2) is 30.6 Å². The molecule has 0 N–H and O–H groups in total. The van der Waals surface area contributed by atoms with Gasteiger partial charge >= 0.3 is 0 Å². The van der Waals surface area contributed by atoms with Crippen LogP contribution in [0.5, 0.6) is 0 Å². The highest BCUT2D eigenvalue weighted by atomic mass is 16.2. The number of nitrogens with zero attached hydrogens (tertiary/aromatic N) is 3. The lowest BCUT2D eigenvalue weighted by Gasteiger charge is -2.17. The first kappa shape index (κ1) is 10.7. The predicted octanol–water partition coefficient (Wildman–Crippen LogP) is 1.82. The van der Waals surface area contributed by atoms with Crippen LogP contribution in [-0.4, -0.2) is 33.5 Å². The van der Waals surface area contributed by atoms with Crippen molar-refractivity contribution >= 4 is 11.4 Å². The van der Waals surface area contributed by atoms with Gasteiger partial charge in [0, 0.05) is 19.3 Å². The molecule has 2 heterocycles. The lowest BCUT2D eigenvalue weighted by molar-refractivity contribution is 0.0775. The van der Waals surface area contributed by atoms with Crippen molar-refractivity contribution in [1.29, 1.82) is 0 Å². The molecule has 4 nitrogen and oxygen atoms in total. The molecule has 0 unspecified atom stereocenters. The molecule has 0 saturated heterocycles. The molecule has 84 valence electrons. The van der Waals surface area contributed by atoms with Gasteiger partial charge in [0.1, 0.15) is 0 Å². The molecule has 0 aliphatic rings. The van der Waals surface area contributed by atoms with Gasteiger partial charge in [-0.15, -0.1) is 0 Å². The van der Waals surface area contributed by atoms with E-state index in [0.29, 0.717) is 5.56 Å². The number of carbonyl (C=O) groups is 1. The number of fused-ring (bicyclic) bond motifs is 1. The van der Waals surface area contributed by atoms with Gasteiger partial charge in [0.2, 0.25) is 0 Å². The van der Waals surface area contributed by atoms with E-state index < -0.39 is 0 Å². The number of hydrogen-bond donors (Lipinski definition) is 0. The van der Waals surface area contributed by atoms with Crippen LogP contribution < -0.4 is 0 Å². The average molecular weight is 217 g/mol. The zero-order valence-corrected chi connectivity index (χ0v) is 9.55. The average Bonchev–Trinajstić information content (AvgIpc) is 2.74. The molecule has 1 amide bonds. The molecule has 0 aliphatic carbocycles. The van der Waals surface area contributed by atoms with E-state index in [1.807, 2.05) is 38.2 Å². The number of pyridine rings is 1. The molecule has 0 radical (unpaired) electrons. The smallest absolute Gasteiger partial charge is 0.257 e. The van der Waals surface area contributed by atoms with Crippen LogP contribution in [0.25, 0.3) is 5.52 Å². The molecule has 2 aromatic heterocycles. The van der Waals surface area contributed by atoms with Crippen molar-refractivity contribution < 1.29 is 4.79 Å². The second kappa shape index (κ2) is 4.35. The summed E-state index contributed by atoms with van der Waals surface area (Å²) in [6.07, 6.45) is 3.48. The minimum absolute atomic E-state index is 0.0474. The largest absolute Gasteiger partial charge is 0.339 e. The van der Waals surface area contributed by atoms with E-state index >= 15 is 0 Å². The van der Waals surface area contributed by atoms with Crippen LogP contribution in [0, 0.1) is 0 Å². The molecule has 16 heavy (non-hydrogen) atoms. The second-order valence-electron chi connectivity index (χ2n) is 3.57. The molecular weight excluding hydrogens is 202 g/mol. The Bertz CT molecular complexity index is 500. The molecule has 2 rings (SSSR count). The summed E-state index contributed by atoms with van der Waals surface area (Å²) in [5.41, 5.74) is 1.53. The van der Waals surface area contributed by atoms with Gasteiger partial charge in [-0.3, -0.25) is 4.79 Å². The van der Waals surface area contributed by atoms with E-state index in [1.54, 1.807) is 15.6 Å². The maximum absolute atomic E-state index is 12.2. The van der Waals surface area contributed by atoms with Gasteiger partial charge in [0.25, 0.3) is 5.91 Å². The number of carbonyl (C=O) groups excluding carboxylic acids is 1. The van der Waals surface area contributed by atoms with E-state index in [4.69, 9.17) is 0 Å². The molecule has 0 spiro atoms. The Hall–Kier alpha value is -1.84. The minimum atomic E-state index is 0.0474. The van der Waals surface area contributed by atoms with Gasteiger partial charge in [-0.05, 0) is 26.0 Å². The highest BCUT2D eigenvalue weighted by Crippen LogP contribution is 2.12. The molecule has 2 aromatic rings. The molecular formula is C12H15N3O. The monoisotopic (exact) mass is 217 g/mol. The Labute approximate surface area is 94.5 Å². The Morgan fingerprint density at radius 3 is 2.81 bits per heavy atom. The normalized spacial score (nSPS) is 10.6. The Morgan fingerprint density at radius 2 is 2.12 bits per heavy atom. The Morgan fingerprint density at radius 1 is 1.38 bits per heavy atom. The number of aromatic nitrogens is 2. The summed E-state index contributed by atoms with van der Waals surface area (Å²) in [7, 11) is 0. The first-order valence-corrected chi connectivity index (χ1v) is 5.49. The van der Waals surface area contributed by atoms with Crippen molar-refractivity contribution in [3.8, 4) is 0 Å². The first-order chi connectivity index (χ1) is 7.77. The van der Waals surface area contributed by atoms with Crippen molar-refractivity contribution in [3.63, 3.8) is 0 Å². The third-order valence-electron chi connectivity index (χ3n) is 2.71. The summed E-state index contributed by atoms with van der Waals surface area (Å²) in [6.45, 7) is 5.40. The predicted molar refractivity (Wildman–Crippen MR) is 62.4 cm³/mol. The topological polar surface area (TPSA) is 37.6 Å². The SMILES string of the molecule is CCN(CC)C(=O)c1cnn2ccccc12. The van der Waals surface area contributed by atoms with Gasteiger partial charge in [-0.2, -0.15) is 5.10 Å². The van der Waals surface area contributed by atoms with E-state index in [-0.39, 0.29) is 5.91 Å². The molecule has 0 atom stereocenters. The lowest BCUT2D eigenvalue weighted by Crippen LogP contribution is -2.30. The zero-order chi connectivity index (χ0) is 11.5. The molecule has 0 bridgehead atoms. The van der Waals surface area contributed by atoms with Crippen LogP contribution in [-0.2, 0) is 0 Å². The van der Waals surface area contributed by atoms with Crippen molar-refractivity contribution in [1.82, 2.24) is 14.5 Å². The van der Waals surface area contributed by atoms with Crippen molar-refractivity contribution in [3.05, 3.63) is 36.2 Å². The molecule has 0 aromatic carbocycles. The quantitative estimate of drug-likeness (QED) is 0.786. The minimum Gasteiger partial charge on any atom is -0.339 e. The van der Waals surface area contributed by atoms with Gasteiger partial charge < -0.3 is 4.90 Å². The van der Waals surface area contributed by atoms with Crippen molar-refractivity contribution in [2.24, 2.45) is 0 Å². The zero-order valence-electron chi connectivity index (χ0n) is 9.55. The van der Waals surface area contributed by atoms with Crippen molar-refractivity contribution in [2.45, 2.75) is 13.8 Å². The number of hydrogen-bond acceptors (Lipinski definition) is 2. The molecule has 0 fully saturated rings. The van der Waals surface area contributed by atoms with Gasteiger partial charge in [-0.1, -0.05) is 6.07 Å². The molecule has 4 heteroatoms. The maximum Gasteiger partial charge on any atom is 0.257 e. The third kappa shape index (κ3) is 1.66. The summed E-state index contributed by atoms with van der Waals surface area (Å²) < 4.78 is 1.72. The standard InChI is InChI=1S/C12H15N3O/c1-3-14(4-2)12(16)10-9-13-15-8-6-5-7-11(10)15/h5-9H,3-4H2,1-2H3. The van der Waals surface area contributed by atoms with Gasteiger partial charge in [0.15, 0.2) is 0 Å². The van der Waals surface area contributed by atoms with Crippen LogP contribution in [0.3, 0.4) is 0 Å². The highest BCUT2D eigenvalue weighted by molar-refractivity contribution is 6.00. The Balaban J connectivity index is 2.43. The number of amides is 1. The van der Waals surface area contributed by atoms with E-state index in [9.17, 15) is 4.79 Å². The maximum atomic E-state index is 12.2. The summed E-state index contributed by atoms with van der Waals surface area (Å²) in [4.78, 5) is 14.0. The fraction of sp³-hybridized carbons (Fsp3) is 0.333. The van der Waals surface area contributed by atoms with Gasteiger partial charge in [-0.25, -0.2) is 4.52 Å². The number of rotatable bonds is 3. The summed E-state index contributed by atoms with van der Waals surface area (Å²) >= 11 is 0. The van der Waals surface area contributed by atoms with Crippen LogP contribution in [0.4, 0.5) is 0 Å². The van der Waals surface area contributed by atoms with E-state index in [0.717, 1.165) is 18.6 Å². The fourth-order valence-electron chi connectivity index (χ4n) is 1.78. The highest BCUT2D eigenvalue weighted by Gasteiger charge is 2.16. The first-order valence-electron chi connectivity index (χ1n) is 5.49. The summed E-state index contributed by atoms with van der Waals surface area (Å²) in [5.74, 6) is 0.0474. The van der Waals surface area contributed by atoms with Crippen molar-refractivity contribution in [2.75, 3.05) is 13.1 Å². The summed E-state index contributed by atoms with van der Waals surface area (Å²) in [5, 5.41) is 4.16. The second-order valence-corrected chi connectivity index (χ2v) is 3.57. The fourth-order valence-corrected chi connectivity index (χ4v) is 1.78. The van der Waals surface area contributed by atoms with E-state index in [1.165, 1.54) is 0 Å². The van der Waals surface area contributed by atoms with Crippen LogP contribution in [0.2, 0.25) is 0 Å². The Kier molecular flexibility index (Phi) is 2.90. The lowest BCUT2D eigenvalue weighted by atomic mass is 10.2. The van der Waals surface area contributed by atoms with Crippen LogP contribution in [0.1, 0.15) is 24.2 Å². The third-order valence-corrected chi connectivity index (χ3v) is 2.71. The molecule has 0 saturated carbocycles.